The van der Waals surface area contributed by atoms with Crippen molar-refractivity contribution in [2.24, 2.45) is 0 Å². The van der Waals surface area contributed by atoms with Crippen LogP contribution in [0.4, 0.5) is 0 Å². The van der Waals surface area contributed by atoms with Gasteiger partial charge in [0.2, 0.25) is 11.8 Å². The Morgan fingerprint density at radius 3 is 2.76 bits per heavy atom. The van der Waals surface area contributed by atoms with E-state index in [-0.39, 0.29) is 18.4 Å². The van der Waals surface area contributed by atoms with Crippen molar-refractivity contribution in [3.05, 3.63) is 23.5 Å². The van der Waals surface area contributed by atoms with Crippen LogP contribution >= 0.6 is 0 Å². The molecule has 0 aliphatic carbocycles. The molecule has 1 N–H and O–H groups in total. The summed E-state index contributed by atoms with van der Waals surface area (Å²) in [5.41, 5.74) is 0.702. The zero-order valence-electron chi connectivity index (χ0n) is 12.9. The smallest absolute Gasteiger partial charge is 0.248 e. The lowest BCUT2D eigenvalue weighted by Crippen LogP contribution is -2.64. The summed E-state index contributed by atoms with van der Waals surface area (Å²) in [6, 6.07) is 3.61. The van der Waals surface area contributed by atoms with E-state index in [9.17, 15) is 9.59 Å². The molecule has 2 rings (SSSR count). The van der Waals surface area contributed by atoms with Gasteiger partial charge in [-0.15, -0.1) is 0 Å². The van der Waals surface area contributed by atoms with Gasteiger partial charge in [-0.05, 0) is 20.3 Å². The van der Waals surface area contributed by atoms with Crippen LogP contribution in [0, 0.1) is 6.92 Å². The molecule has 1 aliphatic heterocycles. The summed E-state index contributed by atoms with van der Waals surface area (Å²) in [6.07, 6.45) is 0.554. The highest BCUT2D eigenvalue weighted by atomic mass is 16.5. The number of ether oxygens (including phenoxy) is 1. The van der Waals surface area contributed by atoms with E-state index in [1.165, 1.54) is 0 Å². The van der Waals surface area contributed by atoms with E-state index in [0.717, 1.165) is 5.69 Å². The number of methoxy groups -OCH3 is 1. The lowest BCUT2D eigenvalue weighted by atomic mass is 9.94. The van der Waals surface area contributed by atoms with Gasteiger partial charge in [-0.2, -0.15) is 0 Å². The van der Waals surface area contributed by atoms with Crippen molar-refractivity contribution in [2.45, 2.75) is 39.3 Å². The number of aromatic nitrogens is 1. The third kappa shape index (κ3) is 3.15. The molecule has 21 heavy (non-hydrogen) atoms. The van der Waals surface area contributed by atoms with Gasteiger partial charge in [0.1, 0.15) is 17.8 Å². The maximum Gasteiger partial charge on any atom is 0.248 e. The Kier molecular flexibility index (Phi) is 4.16. The highest BCUT2D eigenvalue weighted by Gasteiger charge is 2.41. The number of aryl methyl sites for hydroxylation is 1. The molecule has 0 aromatic carbocycles. The first-order chi connectivity index (χ1) is 9.87. The van der Waals surface area contributed by atoms with Gasteiger partial charge in [-0.3, -0.25) is 14.6 Å². The first-order valence-electron chi connectivity index (χ1n) is 7.00. The van der Waals surface area contributed by atoms with Gasteiger partial charge in [0.25, 0.3) is 0 Å². The van der Waals surface area contributed by atoms with Crippen molar-refractivity contribution in [2.75, 3.05) is 13.7 Å². The largest absolute Gasteiger partial charge is 0.497 e. The van der Waals surface area contributed by atoms with E-state index < -0.39 is 5.54 Å². The second kappa shape index (κ2) is 5.71. The first kappa shape index (κ1) is 15.3. The Bertz CT molecular complexity index is 573. The van der Waals surface area contributed by atoms with Gasteiger partial charge >= 0.3 is 0 Å². The van der Waals surface area contributed by atoms with Crippen LogP contribution in [-0.2, 0) is 16.1 Å². The van der Waals surface area contributed by atoms with Crippen LogP contribution in [0.2, 0.25) is 0 Å². The lowest BCUT2D eigenvalue weighted by Gasteiger charge is -2.39. The maximum absolute atomic E-state index is 12.5. The Morgan fingerprint density at radius 1 is 1.43 bits per heavy atom. The Morgan fingerprint density at radius 2 is 2.14 bits per heavy atom. The molecule has 1 fully saturated rings. The number of hydrogen-bond acceptors (Lipinski definition) is 4. The molecule has 114 valence electrons. The highest BCUT2D eigenvalue weighted by molar-refractivity contribution is 5.97. The molecule has 2 heterocycles. The molecule has 1 aliphatic rings. The monoisotopic (exact) mass is 291 g/mol. The third-order valence-electron chi connectivity index (χ3n) is 3.78. The fraction of sp³-hybridized carbons (Fsp3) is 0.533. The summed E-state index contributed by atoms with van der Waals surface area (Å²) in [4.78, 5) is 30.3. The van der Waals surface area contributed by atoms with Crippen molar-refractivity contribution in [1.29, 1.82) is 0 Å². The maximum atomic E-state index is 12.5. The number of nitrogens with one attached hydrogen (secondary N) is 1. The summed E-state index contributed by atoms with van der Waals surface area (Å²) in [7, 11) is 1.59. The Labute approximate surface area is 124 Å². The molecule has 2 amide bonds. The summed E-state index contributed by atoms with van der Waals surface area (Å²) in [6.45, 7) is 5.87. The minimum absolute atomic E-state index is 0.0619. The second-order valence-electron chi connectivity index (χ2n) is 5.53. The first-order valence-corrected chi connectivity index (χ1v) is 7.00. The number of piperazine rings is 1. The van der Waals surface area contributed by atoms with E-state index in [1.807, 2.05) is 19.9 Å². The van der Waals surface area contributed by atoms with Crippen LogP contribution in [0.3, 0.4) is 0 Å². The molecule has 1 saturated heterocycles. The van der Waals surface area contributed by atoms with Crippen molar-refractivity contribution in [3.8, 4) is 5.75 Å². The number of carbonyl (C=O) groups excluding carboxylic acids is 2. The Balaban J connectivity index is 2.24. The van der Waals surface area contributed by atoms with Gasteiger partial charge in [-0.1, -0.05) is 6.92 Å². The molecule has 1 aromatic rings. The SMILES string of the molecule is CCC1(C)NC(=O)CN(Cc2cc(OC)cc(C)n2)C1=O. The number of carbonyl (C=O) groups is 2. The summed E-state index contributed by atoms with van der Waals surface area (Å²) in [5, 5.41) is 2.77. The number of rotatable bonds is 4. The average molecular weight is 291 g/mol. The fourth-order valence-corrected chi connectivity index (χ4v) is 2.46. The summed E-state index contributed by atoms with van der Waals surface area (Å²) < 4.78 is 5.21. The van der Waals surface area contributed by atoms with Crippen LogP contribution in [0.5, 0.6) is 5.75 Å². The molecule has 6 nitrogen and oxygen atoms in total. The minimum atomic E-state index is -0.830. The van der Waals surface area contributed by atoms with Gasteiger partial charge < -0.3 is 15.0 Å². The Hall–Kier alpha value is -2.11. The third-order valence-corrected chi connectivity index (χ3v) is 3.78. The van der Waals surface area contributed by atoms with E-state index in [1.54, 1.807) is 25.0 Å². The normalized spacial score (nSPS) is 22.2. The predicted octanol–water partition coefficient (Wildman–Crippen LogP) is 1.03. The van der Waals surface area contributed by atoms with Crippen LogP contribution in [0.15, 0.2) is 12.1 Å². The van der Waals surface area contributed by atoms with E-state index in [0.29, 0.717) is 24.4 Å². The van der Waals surface area contributed by atoms with Gasteiger partial charge in [0, 0.05) is 17.8 Å². The average Bonchev–Trinajstić information content (AvgIpc) is 2.43. The number of hydrogen-bond donors (Lipinski definition) is 1. The molecular formula is C15H21N3O3. The van der Waals surface area contributed by atoms with Crippen molar-refractivity contribution in [3.63, 3.8) is 0 Å². The molecule has 0 saturated carbocycles. The molecule has 0 radical (unpaired) electrons. The number of pyridine rings is 1. The van der Waals surface area contributed by atoms with Crippen LogP contribution < -0.4 is 10.1 Å². The zero-order chi connectivity index (χ0) is 15.6. The van der Waals surface area contributed by atoms with E-state index in [4.69, 9.17) is 4.74 Å². The van der Waals surface area contributed by atoms with Crippen LogP contribution in [0.25, 0.3) is 0 Å². The minimum Gasteiger partial charge on any atom is -0.497 e. The predicted molar refractivity (Wildman–Crippen MR) is 77.8 cm³/mol. The zero-order valence-corrected chi connectivity index (χ0v) is 12.9. The van der Waals surface area contributed by atoms with Gasteiger partial charge in [-0.25, -0.2) is 0 Å². The molecule has 1 aromatic heterocycles. The number of nitrogens with zero attached hydrogens (tertiary/aromatic N) is 2. The summed E-state index contributed by atoms with van der Waals surface area (Å²) in [5.74, 6) is 0.482. The topological polar surface area (TPSA) is 71.5 Å². The van der Waals surface area contributed by atoms with Gasteiger partial charge in [0.15, 0.2) is 0 Å². The number of amides is 2. The molecular weight excluding hydrogens is 270 g/mol. The van der Waals surface area contributed by atoms with Crippen molar-refractivity contribution in [1.82, 2.24) is 15.2 Å². The lowest BCUT2D eigenvalue weighted by molar-refractivity contribution is -0.150. The van der Waals surface area contributed by atoms with E-state index >= 15 is 0 Å². The molecule has 0 bridgehead atoms. The molecule has 1 unspecified atom stereocenters. The summed E-state index contributed by atoms with van der Waals surface area (Å²) >= 11 is 0. The van der Waals surface area contributed by atoms with Crippen LogP contribution in [0.1, 0.15) is 31.7 Å². The fourth-order valence-electron chi connectivity index (χ4n) is 2.46. The molecule has 6 heteroatoms. The van der Waals surface area contributed by atoms with E-state index in [2.05, 4.69) is 10.3 Å². The van der Waals surface area contributed by atoms with Crippen molar-refractivity contribution >= 4 is 11.8 Å². The molecule has 0 spiro atoms. The molecule has 1 atom stereocenters. The highest BCUT2D eigenvalue weighted by Crippen LogP contribution is 2.21. The van der Waals surface area contributed by atoms with Crippen molar-refractivity contribution < 1.29 is 14.3 Å². The van der Waals surface area contributed by atoms with Gasteiger partial charge in [0.05, 0.1) is 19.3 Å². The quantitative estimate of drug-likeness (QED) is 0.899. The van der Waals surface area contributed by atoms with Crippen LogP contribution in [-0.4, -0.2) is 40.9 Å². The second-order valence-corrected chi connectivity index (χ2v) is 5.53. The standard InChI is InChI=1S/C15H21N3O3/c1-5-15(3)14(20)18(9-13(19)17-15)8-11-7-12(21-4)6-10(2)16-11/h6-7H,5,8-9H2,1-4H3,(H,17,19).